The lowest BCUT2D eigenvalue weighted by Crippen LogP contribution is -2.37. The van der Waals surface area contributed by atoms with Gasteiger partial charge in [-0.1, -0.05) is 13.8 Å². The van der Waals surface area contributed by atoms with Gasteiger partial charge in [-0.05, 0) is 88.2 Å². The van der Waals surface area contributed by atoms with Crippen molar-refractivity contribution in [3.8, 4) is 17.0 Å². The smallest absolute Gasteiger partial charge is 0.444 e. The van der Waals surface area contributed by atoms with E-state index in [1.165, 1.54) is 0 Å². The SMILES string of the molecule is CC(C)c1nc(-c2cc(N)cc(F)c2OC(F)(F)F)c(F)c2c1c(C1C3CN(C(=O)OC(C)(C)C)CC31)c(COC1CCCCO1)n2C1CC1. The predicted octanol–water partition coefficient (Wildman–Crippen LogP) is 8.54. The predicted molar refractivity (Wildman–Crippen MR) is 174 cm³/mol. The van der Waals surface area contributed by atoms with Crippen molar-refractivity contribution in [1.82, 2.24) is 14.5 Å². The van der Waals surface area contributed by atoms with E-state index in [1.807, 2.05) is 39.2 Å². The van der Waals surface area contributed by atoms with Crippen molar-refractivity contribution in [3.05, 3.63) is 40.7 Å². The molecule has 2 saturated carbocycles. The largest absolute Gasteiger partial charge is 0.573 e. The number of aromatic nitrogens is 2. The number of likely N-dealkylation sites (tertiary alicyclic amines) is 1. The van der Waals surface area contributed by atoms with Gasteiger partial charge in [-0.2, -0.15) is 0 Å². The van der Waals surface area contributed by atoms with Crippen molar-refractivity contribution in [2.75, 3.05) is 25.4 Å². The molecule has 9 nitrogen and oxygen atoms in total. The maximum atomic E-state index is 17.3. The first kappa shape index (κ1) is 34.8. The topological polar surface area (TPSA) is 101 Å². The van der Waals surface area contributed by atoms with Crippen molar-refractivity contribution < 1.29 is 45.7 Å². The number of alkyl halides is 3. The Hall–Kier alpha value is -3.65. The Kier molecular flexibility index (Phi) is 8.72. The van der Waals surface area contributed by atoms with Crippen molar-refractivity contribution in [2.45, 2.75) is 109 Å². The molecule has 4 heterocycles. The highest BCUT2D eigenvalue weighted by molar-refractivity contribution is 5.94. The summed E-state index contributed by atoms with van der Waals surface area (Å²) in [4.78, 5) is 19.3. The number of piperidine rings is 1. The molecule has 0 bridgehead atoms. The summed E-state index contributed by atoms with van der Waals surface area (Å²) in [6.07, 6.45) is -1.91. The standard InChI is InChI=1S/C36H43F5N4O5/c1-17(2)30-28-27(26-21-14-44(15-22(21)26)34(46)50-35(3,4)5)24(16-48-25-8-6-7-11-47-25)45(19-9-10-19)32(28)29(38)31(43-30)20-12-18(42)13-23(37)33(20)49-36(39,40)41/h12-13,17,19,21-22,25-26H,6-11,14-16,42H2,1-5H3. The van der Waals surface area contributed by atoms with Crippen LogP contribution in [0.2, 0.25) is 0 Å². The van der Waals surface area contributed by atoms with Crippen LogP contribution in [0.25, 0.3) is 22.2 Å². The summed E-state index contributed by atoms with van der Waals surface area (Å²) >= 11 is 0. The second-order valence-electron chi connectivity index (χ2n) is 15.3. The number of pyridine rings is 1. The van der Waals surface area contributed by atoms with Gasteiger partial charge in [0.05, 0.1) is 23.4 Å². The van der Waals surface area contributed by atoms with Gasteiger partial charge in [0.25, 0.3) is 0 Å². The highest BCUT2D eigenvalue weighted by Crippen LogP contribution is 2.62. The van der Waals surface area contributed by atoms with E-state index in [0.29, 0.717) is 36.8 Å². The van der Waals surface area contributed by atoms with E-state index in [2.05, 4.69) is 9.72 Å². The van der Waals surface area contributed by atoms with Crippen LogP contribution < -0.4 is 10.5 Å². The molecule has 0 radical (unpaired) electrons. The number of hydrogen-bond donors (Lipinski definition) is 1. The van der Waals surface area contributed by atoms with Gasteiger partial charge < -0.3 is 34.1 Å². The summed E-state index contributed by atoms with van der Waals surface area (Å²) in [7, 11) is 0. The zero-order chi connectivity index (χ0) is 35.9. The van der Waals surface area contributed by atoms with E-state index in [9.17, 15) is 18.0 Å². The maximum Gasteiger partial charge on any atom is 0.573 e. The molecule has 50 heavy (non-hydrogen) atoms. The number of carbonyl (C=O) groups is 1. The molecule has 2 saturated heterocycles. The minimum absolute atomic E-state index is 0.0412. The van der Waals surface area contributed by atoms with Gasteiger partial charge in [0.15, 0.2) is 23.7 Å². The molecule has 1 amide bonds. The Bertz CT molecular complexity index is 1800. The Morgan fingerprint density at radius 1 is 1.08 bits per heavy atom. The molecule has 2 aliphatic carbocycles. The molecule has 7 rings (SSSR count). The number of halogens is 5. The number of nitrogens with zero attached hydrogens (tertiary/aromatic N) is 3. The zero-order valence-electron chi connectivity index (χ0n) is 28.8. The summed E-state index contributed by atoms with van der Waals surface area (Å²) in [5.41, 5.74) is 6.32. The molecule has 2 aromatic heterocycles. The summed E-state index contributed by atoms with van der Waals surface area (Å²) in [6.45, 7) is 10.8. The lowest BCUT2D eigenvalue weighted by Gasteiger charge is -2.26. The van der Waals surface area contributed by atoms with Crippen LogP contribution in [0.1, 0.15) is 102 Å². The van der Waals surface area contributed by atoms with Crippen LogP contribution in [0.15, 0.2) is 12.1 Å². The fraction of sp³-hybridized carbons (Fsp3) is 0.611. The van der Waals surface area contributed by atoms with Gasteiger partial charge in [-0.3, -0.25) is 0 Å². The van der Waals surface area contributed by atoms with Crippen LogP contribution in [-0.4, -0.2) is 58.5 Å². The molecule has 4 fully saturated rings. The average Bonchev–Trinajstić information content (AvgIpc) is 3.90. The van der Waals surface area contributed by atoms with Crippen LogP contribution in [0.3, 0.4) is 0 Å². The first-order valence-corrected chi connectivity index (χ1v) is 17.3. The minimum Gasteiger partial charge on any atom is -0.444 e. The van der Waals surface area contributed by atoms with Crippen molar-refractivity contribution in [2.24, 2.45) is 11.8 Å². The van der Waals surface area contributed by atoms with Crippen LogP contribution >= 0.6 is 0 Å². The van der Waals surface area contributed by atoms with E-state index < -0.39 is 46.9 Å². The minimum atomic E-state index is -5.25. The number of ether oxygens (including phenoxy) is 4. The van der Waals surface area contributed by atoms with Crippen LogP contribution in [0.4, 0.5) is 32.4 Å². The Labute approximate surface area is 287 Å². The Morgan fingerprint density at radius 2 is 1.78 bits per heavy atom. The number of anilines is 1. The number of amides is 1. The van der Waals surface area contributed by atoms with Crippen LogP contribution in [0.5, 0.6) is 5.75 Å². The molecule has 3 atom stereocenters. The molecule has 2 aliphatic heterocycles. The number of carbonyl (C=O) groups excluding carboxylic acids is 1. The Balaban J connectivity index is 1.40. The summed E-state index contributed by atoms with van der Waals surface area (Å²) in [6, 6.07) is 1.67. The second-order valence-corrected chi connectivity index (χ2v) is 15.3. The van der Waals surface area contributed by atoms with Gasteiger partial charge in [0.2, 0.25) is 0 Å². The molecule has 2 N–H and O–H groups in total. The number of rotatable bonds is 8. The summed E-state index contributed by atoms with van der Waals surface area (Å²) < 4.78 is 96.8. The second kappa shape index (κ2) is 12.5. The molecule has 3 aromatic rings. The van der Waals surface area contributed by atoms with Crippen LogP contribution in [-0.2, 0) is 20.8 Å². The van der Waals surface area contributed by atoms with E-state index in [0.717, 1.165) is 49.4 Å². The summed E-state index contributed by atoms with van der Waals surface area (Å²) in [5.74, 6) is -3.66. The normalized spacial score (nSPS) is 23.9. The molecule has 272 valence electrons. The van der Waals surface area contributed by atoms with Crippen molar-refractivity contribution >= 4 is 22.7 Å². The number of benzene rings is 1. The molecule has 3 unspecified atom stereocenters. The number of nitrogens with two attached hydrogens (primary N) is 1. The highest BCUT2D eigenvalue weighted by atomic mass is 19.4. The third-order valence-electron chi connectivity index (χ3n) is 9.97. The number of hydrogen-bond acceptors (Lipinski definition) is 7. The highest BCUT2D eigenvalue weighted by Gasteiger charge is 2.60. The van der Waals surface area contributed by atoms with E-state index in [-0.39, 0.29) is 53.6 Å². The lowest BCUT2D eigenvalue weighted by molar-refractivity contribution is -0.275. The fourth-order valence-corrected chi connectivity index (χ4v) is 7.76. The molecular weight excluding hydrogens is 663 g/mol. The first-order chi connectivity index (χ1) is 23.5. The first-order valence-electron chi connectivity index (χ1n) is 17.3. The Morgan fingerprint density at radius 3 is 2.36 bits per heavy atom. The lowest BCUT2D eigenvalue weighted by atomic mass is 9.95. The third kappa shape index (κ3) is 6.60. The quantitative estimate of drug-likeness (QED) is 0.185. The monoisotopic (exact) mass is 706 g/mol. The van der Waals surface area contributed by atoms with Gasteiger partial charge >= 0.3 is 12.5 Å². The third-order valence-corrected chi connectivity index (χ3v) is 9.97. The van der Waals surface area contributed by atoms with Crippen LogP contribution in [0, 0.1) is 23.5 Å². The molecule has 0 spiro atoms. The van der Waals surface area contributed by atoms with Gasteiger partial charge in [0.1, 0.15) is 11.3 Å². The molecule has 1 aromatic carbocycles. The zero-order valence-corrected chi connectivity index (χ0v) is 28.8. The van der Waals surface area contributed by atoms with E-state index in [1.54, 1.807) is 4.90 Å². The number of fused-ring (bicyclic) bond motifs is 2. The van der Waals surface area contributed by atoms with Gasteiger partial charge in [0, 0.05) is 48.6 Å². The summed E-state index contributed by atoms with van der Waals surface area (Å²) in [5, 5.41) is 0.585. The van der Waals surface area contributed by atoms with E-state index in [4.69, 9.17) is 19.9 Å². The van der Waals surface area contributed by atoms with E-state index >= 15 is 8.78 Å². The maximum absolute atomic E-state index is 17.3. The van der Waals surface area contributed by atoms with Crippen molar-refractivity contribution in [1.29, 1.82) is 0 Å². The molecule has 14 heteroatoms. The van der Waals surface area contributed by atoms with Gasteiger partial charge in [-0.15, -0.1) is 13.2 Å². The fourth-order valence-electron chi connectivity index (χ4n) is 7.76. The number of nitrogen functional groups attached to an aromatic ring is 1. The molecular formula is C36H43F5N4O5. The average molecular weight is 707 g/mol. The molecule has 4 aliphatic rings. The van der Waals surface area contributed by atoms with Crippen molar-refractivity contribution in [3.63, 3.8) is 0 Å². The van der Waals surface area contributed by atoms with Gasteiger partial charge in [-0.25, -0.2) is 18.6 Å².